The summed E-state index contributed by atoms with van der Waals surface area (Å²) in [5.74, 6) is 0.273. The number of anilines is 1. The fraction of sp³-hybridized carbons (Fsp3) is 0.583. The Labute approximate surface area is 196 Å². The summed E-state index contributed by atoms with van der Waals surface area (Å²) >= 11 is 0. The largest absolute Gasteiger partial charge is 0.482 e. The van der Waals surface area contributed by atoms with Gasteiger partial charge < -0.3 is 10.1 Å². The number of piperidine rings is 1. The van der Waals surface area contributed by atoms with E-state index in [0.29, 0.717) is 37.0 Å². The van der Waals surface area contributed by atoms with Gasteiger partial charge in [0.1, 0.15) is 12.3 Å². The second-order valence-electron chi connectivity index (χ2n) is 9.19. The van der Waals surface area contributed by atoms with E-state index in [4.69, 9.17) is 4.74 Å². The molecule has 0 atom stereocenters. The van der Waals surface area contributed by atoms with E-state index in [1.165, 1.54) is 39.8 Å². The van der Waals surface area contributed by atoms with Crippen LogP contribution in [0.2, 0.25) is 0 Å². The lowest BCUT2D eigenvalue weighted by Crippen LogP contribution is -2.45. The summed E-state index contributed by atoms with van der Waals surface area (Å²) in [7, 11) is -3.68. The van der Waals surface area contributed by atoms with E-state index in [1.807, 2.05) is 0 Å². The maximum atomic E-state index is 13.2. The van der Waals surface area contributed by atoms with Gasteiger partial charge in [0.2, 0.25) is 15.9 Å². The van der Waals surface area contributed by atoms with E-state index >= 15 is 0 Å². The van der Waals surface area contributed by atoms with Gasteiger partial charge in [-0.3, -0.25) is 14.5 Å². The van der Waals surface area contributed by atoms with Crippen LogP contribution in [-0.4, -0.2) is 57.3 Å². The van der Waals surface area contributed by atoms with Crippen molar-refractivity contribution >= 4 is 27.5 Å². The Morgan fingerprint density at radius 2 is 2.00 bits per heavy atom. The van der Waals surface area contributed by atoms with Gasteiger partial charge >= 0.3 is 0 Å². The van der Waals surface area contributed by atoms with Crippen LogP contribution in [0, 0.1) is 5.92 Å². The number of carbonyl (C=O) groups is 2. The number of nitrogens with zero attached hydrogens (tertiary/aromatic N) is 2. The zero-order valence-corrected chi connectivity index (χ0v) is 20.0. The highest BCUT2D eigenvalue weighted by Crippen LogP contribution is 2.35. The molecule has 4 rings (SSSR count). The van der Waals surface area contributed by atoms with Gasteiger partial charge in [-0.2, -0.15) is 4.31 Å². The fourth-order valence-electron chi connectivity index (χ4n) is 4.58. The molecule has 3 aliphatic rings. The minimum atomic E-state index is -3.68. The monoisotopic (exact) mass is 475 g/mol. The molecular weight excluding hydrogens is 442 g/mol. The molecule has 0 bridgehead atoms. The summed E-state index contributed by atoms with van der Waals surface area (Å²) in [5.41, 5.74) is 1.69. The first-order chi connectivity index (χ1) is 15.8. The van der Waals surface area contributed by atoms with Crippen LogP contribution < -0.4 is 15.0 Å². The van der Waals surface area contributed by atoms with Crippen molar-refractivity contribution in [2.75, 3.05) is 37.7 Å². The van der Waals surface area contributed by atoms with Crippen molar-refractivity contribution in [3.05, 3.63) is 29.8 Å². The number of sulfonamides is 1. The van der Waals surface area contributed by atoms with Crippen molar-refractivity contribution in [3.8, 4) is 5.75 Å². The number of allylic oxidation sites excluding steroid dienone is 1. The molecule has 180 valence electrons. The second kappa shape index (κ2) is 10.3. The van der Waals surface area contributed by atoms with E-state index < -0.39 is 10.0 Å². The smallest absolute Gasteiger partial charge is 0.265 e. The van der Waals surface area contributed by atoms with Crippen LogP contribution in [0.15, 0.2) is 34.7 Å². The van der Waals surface area contributed by atoms with Crippen LogP contribution in [0.5, 0.6) is 5.75 Å². The van der Waals surface area contributed by atoms with Gasteiger partial charge in [0.05, 0.1) is 10.6 Å². The quantitative estimate of drug-likeness (QED) is 0.612. The Hall–Kier alpha value is -2.39. The number of hydrogen-bond acceptors (Lipinski definition) is 5. The van der Waals surface area contributed by atoms with Crippen LogP contribution in [0.3, 0.4) is 0 Å². The molecule has 8 nitrogen and oxygen atoms in total. The van der Waals surface area contributed by atoms with Gasteiger partial charge in [-0.25, -0.2) is 8.42 Å². The Balaban J connectivity index is 1.45. The molecular formula is C24H33N3O5S. The van der Waals surface area contributed by atoms with Gasteiger partial charge in [0.15, 0.2) is 6.61 Å². The average molecular weight is 476 g/mol. The first kappa shape index (κ1) is 23.8. The Kier molecular flexibility index (Phi) is 7.38. The van der Waals surface area contributed by atoms with Crippen molar-refractivity contribution in [2.24, 2.45) is 5.92 Å². The minimum absolute atomic E-state index is 0.115. The van der Waals surface area contributed by atoms with Crippen molar-refractivity contribution in [2.45, 2.75) is 56.8 Å². The van der Waals surface area contributed by atoms with Gasteiger partial charge in [-0.1, -0.05) is 18.6 Å². The van der Waals surface area contributed by atoms with Crippen molar-refractivity contribution in [1.82, 2.24) is 9.62 Å². The number of carbonyl (C=O) groups excluding carboxylic acids is 2. The van der Waals surface area contributed by atoms with Crippen LogP contribution in [0.25, 0.3) is 0 Å². The topological polar surface area (TPSA) is 96.0 Å². The van der Waals surface area contributed by atoms with Crippen LogP contribution in [0.4, 0.5) is 5.69 Å². The highest BCUT2D eigenvalue weighted by atomic mass is 32.2. The SMILES string of the molecule is CC1CCN(S(=O)(=O)c2ccc3c(c2)N(CC(=O)NCCC2=CCCCC2)C(=O)CO3)CC1. The van der Waals surface area contributed by atoms with E-state index in [-0.39, 0.29) is 29.9 Å². The number of rotatable bonds is 7. The molecule has 0 aromatic heterocycles. The molecule has 2 heterocycles. The molecule has 0 saturated carbocycles. The summed E-state index contributed by atoms with van der Waals surface area (Å²) in [4.78, 5) is 26.6. The van der Waals surface area contributed by atoms with E-state index in [1.54, 1.807) is 6.07 Å². The van der Waals surface area contributed by atoms with Crippen LogP contribution >= 0.6 is 0 Å². The first-order valence-electron chi connectivity index (χ1n) is 11.9. The molecule has 1 fully saturated rings. The number of fused-ring (bicyclic) bond motifs is 1. The lowest BCUT2D eigenvalue weighted by Gasteiger charge is -2.31. The zero-order chi connectivity index (χ0) is 23.4. The lowest BCUT2D eigenvalue weighted by molar-refractivity contribution is -0.125. The normalized spacial score (nSPS) is 20.1. The van der Waals surface area contributed by atoms with Crippen molar-refractivity contribution in [1.29, 1.82) is 0 Å². The minimum Gasteiger partial charge on any atom is -0.482 e. The molecule has 0 radical (unpaired) electrons. The molecule has 9 heteroatoms. The molecule has 2 aliphatic heterocycles. The standard InChI is InChI=1S/C24H33N3O5S/c1-18-10-13-26(14-11-18)33(30,31)20-7-8-22-21(15-20)27(24(29)17-32-22)16-23(28)25-12-9-19-5-3-2-4-6-19/h5,7-8,15,18H,2-4,6,9-14,16-17H2,1H3,(H,25,28). The Bertz CT molecular complexity index is 1030. The Morgan fingerprint density at radius 1 is 1.21 bits per heavy atom. The molecule has 33 heavy (non-hydrogen) atoms. The van der Waals surface area contributed by atoms with Gasteiger partial charge in [0, 0.05) is 19.6 Å². The van der Waals surface area contributed by atoms with E-state index in [9.17, 15) is 18.0 Å². The molecule has 2 amide bonds. The Morgan fingerprint density at radius 3 is 2.73 bits per heavy atom. The summed E-state index contributed by atoms with van der Waals surface area (Å²) in [6.45, 7) is 3.28. The highest BCUT2D eigenvalue weighted by molar-refractivity contribution is 7.89. The number of nitrogens with one attached hydrogen (secondary N) is 1. The predicted octanol–water partition coefficient (Wildman–Crippen LogP) is 2.84. The van der Waals surface area contributed by atoms with Gasteiger partial charge in [0.25, 0.3) is 5.91 Å². The van der Waals surface area contributed by atoms with Gasteiger partial charge in [-0.15, -0.1) is 0 Å². The molecule has 0 unspecified atom stereocenters. The van der Waals surface area contributed by atoms with E-state index in [0.717, 1.165) is 32.1 Å². The third kappa shape index (κ3) is 5.58. The molecule has 1 saturated heterocycles. The summed E-state index contributed by atoms with van der Waals surface area (Å²) in [6.07, 6.45) is 9.33. The zero-order valence-electron chi connectivity index (χ0n) is 19.2. The third-order valence-electron chi connectivity index (χ3n) is 6.71. The molecule has 1 aliphatic carbocycles. The van der Waals surface area contributed by atoms with Gasteiger partial charge in [-0.05, 0) is 69.1 Å². The summed E-state index contributed by atoms with van der Waals surface area (Å²) in [6, 6.07) is 4.54. The lowest BCUT2D eigenvalue weighted by atomic mass is 9.97. The van der Waals surface area contributed by atoms with Crippen LogP contribution in [0.1, 0.15) is 51.9 Å². The molecule has 1 N–H and O–H groups in total. The third-order valence-corrected chi connectivity index (χ3v) is 8.60. The number of benzene rings is 1. The molecule has 0 spiro atoms. The summed E-state index contributed by atoms with van der Waals surface area (Å²) in [5, 5.41) is 2.89. The maximum absolute atomic E-state index is 13.2. The first-order valence-corrected chi connectivity index (χ1v) is 13.3. The summed E-state index contributed by atoms with van der Waals surface area (Å²) < 4.78 is 33.4. The van der Waals surface area contributed by atoms with E-state index in [2.05, 4.69) is 18.3 Å². The number of hydrogen-bond donors (Lipinski definition) is 1. The fourth-order valence-corrected chi connectivity index (χ4v) is 6.07. The molecule has 1 aromatic carbocycles. The van der Waals surface area contributed by atoms with Crippen molar-refractivity contribution in [3.63, 3.8) is 0 Å². The number of amides is 2. The van der Waals surface area contributed by atoms with Crippen molar-refractivity contribution < 1.29 is 22.7 Å². The average Bonchev–Trinajstić information content (AvgIpc) is 2.81. The number of ether oxygens (including phenoxy) is 1. The predicted molar refractivity (Wildman–Crippen MR) is 126 cm³/mol. The highest BCUT2D eigenvalue weighted by Gasteiger charge is 2.32. The van der Waals surface area contributed by atoms with Crippen LogP contribution in [-0.2, 0) is 19.6 Å². The molecule has 1 aromatic rings. The maximum Gasteiger partial charge on any atom is 0.265 e. The second-order valence-corrected chi connectivity index (χ2v) is 11.1.